The lowest BCUT2D eigenvalue weighted by molar-refractivity contribution is 0.335. The highest BCUT2D eigenvalue weighted by Gasteiger charge is 2.22. The monoisotopic (exact) mass is 321 g/mol. The molecule has 0 radical (unpaired) electrons. The molecule has 0 atom stereocenters. The third kappa shape index (κ3) is 4.16. The van der Waals surface area contributed by atoms with E-state index in [9.17, 15) is 0 Å². The number of nitrogens with zero attached hydrogens (tertiary/aromatic N) is 1. The minimum atomic E-state index is 0.419. The van der Waals surface area contributed by atoms with Crippen molar-refractivity contribution in [1.82, 2.24) is 4.98 Å². The molecule has 1 aromatic carbocycles. The summed E-state index contributed by atoms with van der Waals surface area (Å²) in [5.41, 5.74) is 11.5. The van der Waals surface area contributed by atoms with E-state index in [1.54, 1.807) is 6.20 Å². The number of nitrogens with one attached hydrogen (secondary N) is 1. The second-order valence-corrected chi connectivity index (χ2v) is 7.41. The lowest BCUT2D eigenvalue weighted by Crippen LogP contribution is -2.14. The summed E-state index contributed by atoms with van der Waals surface area (Å²) in [6.07, 6.45) is 8.62. The fourth-order valence-electron chi connectivity index (χ4n) is 3.16. The average Bonchev–Trinajstić information content (AvgIpc) is 2.58. The molecular formula is C21H27N3. The Kier molecular flexibility index (Phi) is 4.89. The number of nitrogens with two attached hydrogens (primary N) is 1. The van der Waals surface area contributed by atoms with E-state index in [0.717, 1.165) is 37.3 Å². The Balaban J connectivity index is 1.67. The van der Waals surface area contributed by atoms with Crippen LogP contribution in [0.15, 0.2) is 48.7 Å². The van der Waals surface area contributed by atoms with Gasteiger partial charge in [0.2, 0.25) is 0 Å². The standard InChI is InChI=1S/C21H27N3/c1-21(2)11-8-17(9-12-21)18-15-16(6-7-19(18)22)10-14-24-20-5-3-4-13-23-20/h3-8,13,15H,9-12,14,22H2,1-2H3,(H,23,24). The van der Waals surface area contributed by atoms with E-state index in [0.29, 0.717) is 5.41 Å². The van der Waals surface area contributed by atoms with E-state index < -0.39 is 0 Å². The summed E-state index contributed by atoms with van der Waals surface area (Å²) in [6, 6.07) is 12.4. The molecule has 1 aliphatic rings. The molecule has 3 rings (SSSR count). The Labute approximate surface area is 145 Å². The van der Waals surface area contributed by atoms with Gasteiger partial charge in [0.15, 0.2) is 0 Å². The van der Waals surface area contributed by atoms with Crippen LogP contribution in [0.25, 0.3) is 5.57 Å². The van der Waals surface area contributed by atoms with Gasteiger partial charge in [-0.05, 0) is 66.5 Å². The van der Waals surface area contributed by atoms with Crippen molar-refractivity contribution in [3.05, 3.63) is 59.8 Å². The summed E-state index contributed by atoms with van der Waals surface area (Å²) in [4.78, 5) is 4.29. The quantitative estimate of drug-likeness (QED) is 0.769. The first-order chi connectivity index (χ1) is 11.5. The summed E-state index contributed by atoms with van der Waals surface area (Å²) < 4.78 is 0. The molecule has 0 amide bonds. The summed E-state index contributed by atoms with van der Waals surface area (Å²) in [5, 5.41) is 3.36. The number of hydrogen-bond acceptors (Lipinski definition) is 3. The van der Waals surface area contributed by atoms with E-state index >= 15 is 0 Å². The van der Waals surface area contributed by atoms with Crippen molar-refractivity contribution in [1.29, 1.82) is 0 Å². The van der Waals surface area contributed by atoms with E-state index in [4.69, 9.17) is 5.73 Å². The molecular weight excluding hydrogens is 294 g/mol. The molecule has 0 fully saturated rings. The van der Waals surface area contributed by atoms with E-state index in [1.165, 1.54) is 23.1 Å². The highest BCUT2D eigenvalue weighted by Crippen LogP contribution is 2.39. The van der Waals surface area contributed by atoms with Crippen LogP contribution >= 0.6 is 0 Å². The normalized spacial score (nSPS) is 16.5. The molecule has 2 aromatic rings. The Morgan fingerprint density at radius 3 is 2.79 bits per heavy atom. The summed E-state index contributed by atoms with van der Waals surface area (Å²) in [6.45, 7) is 5.54. The van der Waals surface area contributed by atoms with Crippen molar-refractivity contribution in [2.24, 2.45) is 5.41 Å². The SMILES string of the molecule is CC1(C)CC=C(c2cc(CCNc3ccccn3)ccc2N)CC1. The Bertz CT molecular complexity index is 717. The van der Waals surface area contributed by atoms with Crippen molar-refractivity contribution >= 4 is 17.1 Å². The maximum absolute atomic E-state index is 6.24. The van der Waals surface area contributed by atoms with Gasteiger partial charge in [-0.15, -0.1) is 0 Å². The van der Waals surface area contributed by atoms with Crippen LogP contribution in [-0.2, 0) is 6.42 Å². The number of rotatable bonds is 5. The van der Waals surface area contributed by atoms with Crippen molar-refractivity contribution in [2.75, 3.05) is 17.6 Å². The topological polar surface area (TPSA) is 50.9 Å². The zero-order valence-electron chi connectivity index (χ0n) is 14.7. The van der Waals surface area contributed by atoms with Gasteiger partial charge >= 0.3 is 0 Å². The van der Waals surface area contributed by atoms with E-state index in [2.05, 4.69) is 42.4 Å². The highest BCUT2D eigenvalue weighted by molar-refractivity contribution is 5.76. The van der Waals surface area contributed by atoms with Crippen LogP contribution < -0.4 is 11.1 Å². The number of hydrogen-bond donors (Lipinski definition) is 2. The molecule has 3 N–H and O–H groups in total. The smallest absolute Gasteiger partial charge is 0.125 e. The average molecular weight is 321 g/mol. The fraction of sp³-hybridized carbons (Fsp3) is 0.381. The first-order valence-electron chi connectivity index (χ1n) is 8.76. The fourth-order valence-corrected chi connectivity index (χ4v) is 3.16. The lowest BCUT2D eigenvalue weighted by atomic mass is 9.76. The van der Waals surface area contributed by atoms with Gasteiger partial charge in [-0.1, -0.05) is 32.1 Å². The number of anilines is 2. The van der Waals surface area contributed by atoms with E-state index in [1.807, 2.05) is 24.3 Å². The molecule has 0 saturated carbocycles. The Hall–Kier alpha value is -2.29. The molecule has 0 aliphatic heterocycles. The molecule has 0 spiro atoms. The molecule has 24 heavy (non-hydrogen) atoms. The molecule has 1 heterocycles. The van der Waals surface area contributed by atoms with Gasteiger partial charge in [0.05, 0.1) is 0 Å². The number of aromatic nitrogens is 1. The molecule has 126 valence electrons. The number of nitrogen functional groups attached to an aromatic ring is 1. The number of pyridine rings is 1. The maximum Gasteiger partial charge on any atom is 0.125 e. The highest BCUT2D eigenvalue weighted by atomic mass is 15.0. The second-order valence-electron chi connectivity index (χ2n) is 7.41. The molecule has 0 bridgehead atoms. The van der Waals surface area contributed by atoms with Crippen molar-refractivity contribution in [3.63, 3.8) is 0 Å². The van der Waals surface area contributed by atoms with Gasteiger partial charge in [-0.2, -0.15) is 0 Å². The van der Waals surface area contributed by atoms with Crippen molar-refractivity contribution < 1.29 is 0 Å². The molecule has 1 aromatic heterocycles. The summed E-state index contributed by atoms with van der Waals surface area (Å²) >= 11 is 0. The van der Waals surface area contributed by atoms with Crippen LogP contribution in [0.4, 0.5) is 11.5 Å². The number of allylic oxidation sites excluding steroid dienone is 2. The molecule has 3 heteroatoms. The predicted molar refractivity (Wildman–Crippen MR) is 103 cm³/mol. The molecule has 0 unspecified atom stereocenters. The van der Waals surface area contributed by atoms with Crippen molar-refractivity contribution in [3.8, 4) is 0 Å². The number of benzene rings is 1. The van der Waals surface area contributed by atoms with Crippen LogP contribution in [-0.4, -0.2) is 11.5 Å². The van der Waals surface area contributed by atoms with Gasteiger partial charge in [0.1, 0.15) is 5.82 Å². The van der Waals surface area contributed by atoms with Crippen molar-refractivity contribution in [2.45, 2.75) is 39.5 Å². The van der Waals surface area contributed by atoms with Crippen LogP contribution in [0.3, 0.4) is 0 Å². The lowest BCUT2D eigenvalue weighted by Gasteiger charge is -2.29. The summed E-state index contributed by atoms with van der Waals surface area (Å²) in [5.74, 6) is 0.922. The van der Waals surface area contributed by atoms with Crippen LogP contribution in [0.1, 0.15) is 44.2 Å². The molecule has 0 saturated heterocycles. The van der Waals surface area contributed by atoms with Gasteiger partial charge in [-0.25, -0.2) is 4.98 Å². The van der Waals surface area contributed by atoms with Crippen LogP contribution in [0.2, 0.25) is 0 Å². The Morgan fingerprint density at radius 2 is 2.08 bits per heavy atom. The third-order valence-electron chi connectivity index (χ3n) is 4.82. The van der Waals surface area contributed by atoms with Gasteiger partial charge < -0.3 is 11.1 Å². The second kappa shape index (κ2) is 7.08. The third-order valence-corrected chi connectivity index (χ3v) is 4.82. The van der Waals surface area contributed by atoms with Gasteiger partial charge in [0, 0.05) is 24.0 Å². The van der Waals surface area contributed by atoms with Gasteiger partial charge in [-0.3, -0.25) is 0 Å². The first kappa shape index (κ1) is 16.6. The summed E-state index contributed by atoms with van der Waals surface area (Å²) in [7, 11) is 0. The minimum absolute atomic E-state index is 0.419. The minimum Gasteiger partial charge on any atom is -0.398 e. The molecule has 3 nitrogen and oxygen atoms in total. The molecule has 1 aliphatic carbocycles. The van der Waals surface area contributed by atoms with Crippen LogP contribution in [0.5, 0.6) is 0 Å². The zero-order chi connectivity index (χ0) is 17.0. The zero-order valence-corrected chi connectivity index (χ0v) is 14.7. The Morgan fingerprint density at radius 1 is 1.21 bits per heavy atom. The largest absolute Gasteiger partial charge is 0.398 e. The van der Waals surface area contributed by atoms with Crippen LogP contribution in [0, 0.1) is 5.41 Å². The predicted octanol–water partition coefficient (Wildman–Crippen LogP) is 4.91. The maximum atomic E-state index is 6.24. The van der Waals surface area contributed by atoms with E-state index in [-0.39, 0.29) is 0 Å². The first-order valence-corrected chi connectivity index (χ1v) is 8.76. The van der Waals surface area contributed by atoms with Gasteiger partial charge in [0.25, 0.3) is 0 Å².